The zero-order chi connectivity index (χ0) is 13.0. The smallest absolute Gasteiger partial charge is 0.167 e. The molecular formula is C13H10FN3O. The average Bonchev–Trinajstić information content (AvgIpc) is 2.40. The molecule has 0 aliphatic heterocycles. The molecule has 0 spiro atoms. The Morgan fingerprint density at radius 3 is 2.72 bits per heavy atom. The first-order valence-corrected chi connectivity index (χ1v) is 5.19. The molecule has 1 aromatic heterocycles. The van der Waals surface area contributed by atoms with Crippen LogP contribution in [0.5, 0.6) is 5.75 Å². The first-order chi connectivity index (χ1) is 8.72. The van der Waals surface area contributed by atoms with Crippen molar-refractivity contribution in [2.75, 3.05) is 12.4 Å². The van der Waals surface area contributed by atoms with Crippen molar-refractivity contribution in [1.82, 2.24) is 4.98 Å². The highest BCUT2D eigenvalue weighted by Crippen LogP contribution is 2.22. The number of anilines is 2. The lowest BCUT2D eigenvalue weighted by atomic mass is 10.2. The topological polar surface area (TPSA) is 57.9 Å². The minimum absolute atomic E-state index is 0.188. The van der Waals surface area contributed by atoms with E-state index in [1.165, 1.54) is 25.4 Å². The van der Waals surface area contributed by atoms with Crippen LogP contribution in [0.2, 0.25) is 0 Å². The second-order valence-electron chi connectivity index (χ2n) is 3.52. The summed E-state index contributed by atoms with van der Waals surface area (Å²) in [6, 6.07) is 9.79. The SMILES string of the molecule is COc1ccc(Nc2ccc(C#N)cn2)cc1F. The van der Waals surface area contributed by atoms with Crippen LogP contribution in [-0.2, 0) is 0 Å². The monoisotopic (exact) mass is 243 g/mol. The van der Waals surface area contributed by atoms with Gasteiger partial charge in [-0.15, -0.1) is 0 Å². The number of hydrogen-bond acceptors (Lipinski definition) is 4. The van der Waals surface area contributed by atoms with Crippen LogP contribution >= 0.6 is 0 Å². The van der Waals surface area contributed by atoms with E-state index in [4.69, 9.17) is 10.00 Å². The van der Waals surface area contributed by atoms with Crippen molar-refractivity contribution in [2.24, 2.45) is 0 Å². The molecule has 0 aliphatic carbocycles. The van der Waals surface area contributed by atoms with Crippen LogP contribution in [-0.4, -0.2) is 12.1 Å². The van der Waals surface area contributed by atoms with Crippen molar-refractivity contribution in [1.29, 1.82) is 5.26 Å². The van der Waals surface area contributed by atoms with Gasteiger partial charge in [-0.2, -0.15) is 5.26 Å². The second-order valence-corrected chi connectivity index (χ2v) is 3.52. The molecule has 1 heterocycles. The van der Waals surface area contributed by atoms with Crippen LogP contribution in [0.4, 0.5) is 15.9 Å². The third-order valence-electron chi connectivity index (χ3n) is 2.32. The first kappa shape index (κ1) is 11.9. The van der Waals surface area contributed by atoms with Crippen molar-refractivity contribution < 1.29 is 9.13 Å². The summed E-state index contributed by atoms with van der Waals surface area (Å²) in [5, 5.41) is 11.6. The highest BCUT2D eigenvalue weighted by atomic mass is 19.1. The molecule has 2 aromatic rings. The van der Waals surface area contributed by atoms with Crippen LogP contribution < -0.4 is 10.1 Å². The molecule has 0 radical (unpaired) electrons. The lowest BCUT2D eigenvalue weighted by Crippen LogP contribution is -1.95. The molecule has 90 valence electrons. The molecule has 0 saturated heterocycles. The van der Waals surface area contributed by atoms with Crippen LogP contribution in [0.25, 0.3) is 0 Å². The zero-order valence-corrected chi connectivity index (χ0v) is 9.64. The van der Waals surface area contributed by atoms with Crippen molar-refractivity contribution in [3.8, 4) is 11.8 Å². The Morgan fingerprint density at radius 2 is 2.17 bits per heavy atom. The summed E-state index contributed by atoms with van der Waals surface area (Å²) in [5.41, 5.74) is 1.03. The van der Waals surface area contributed by atoms with Gasteiger partial charge in [-0.05, 0) is 24.3 Å². The third kappa shape index (κ3) is 2.55. The standard InChI is InChI=1S/C13H10FN3O/c1-18-12-4-3-10(6-11(12)14)17-13-5-2-9(7-15)8-16-13/h2-6,8H,1H3,(H,16,17). The maximum absolute atomic E-state index is 13.4. The Morgan fingerprint density at radius 1 is 1.33 bits per heavy atom. The number of halogens is 1. The van der Waals surface area contributed by atoms with Crippen LogP contribution in [0.15, 0.2) is 36.5 Å². The third-order valence-corrected chi connectivity index (χ3v) is 2.32. The number of pyridine rings is 1. The summed E-state index contributed by atoms with van der Waals surface area (Å²) >= 11 is 0. The predicted octanol–water partition coefficient (Wildman–Crippen LogP) is 2.84. The molecule has 0 amide bonds. The summed E-state index contributed by atoms with van der Waals surface area (Å²) in [6.45, 7) is 0. The molecule has 0 unspecified atom stereocenters. The van der Waals surface area contributed by atoms with Gasteiger partial charge in [-0.3, -0.25) is 0 Å². The number of benzene rings is 1. The molecule has 0 atom stereocenters. The van der Waals surface area contributed by atoms with Crippen LogP contribution in [0.1, 0.15) is 5.56 Å². The molecule has 5 heteroatoms. The summed E-state index contributed by atoms with van der Waals surface area (Å²) in [7, 11) is 1.41. The normalized spacial score (nSPS) is 9.61. The van der Waals surface area contributed by atoms with Gasteiger partial charge in [0.15, 0.2) is 11.6 Å². The molecule has 2 rings (SSSR count). The number of nitriles is 1. The highest BCUT2D eigenvalue weighted by molar-refractivity contribution is 5.57. The van der Waals surface area contributed by atoms with E-state index >= 15 is 0 Å². The zero-order valence-electron chi connectivity index (χ0n) is 9.64. The molecule has 0 fully saturated rings. The van der Waals surface area contributed by atoms with Crippen molar-refractivity contribution in [3.05, 3.63) is 47.9 Å². The van der Waals surface area contributed by atoms with Gasteiger partial charge in [-0.1, -0.05) is 0 Å². The number of rotatable bonds is 3. The van der Waals surface area contributed by atoms with E-state index in [0.29, 0.717) is 17.1 Å². The number of aromatic nitrogens is 1. The Hall–Kier alpha value is -2.61. The number of nitrogens with zero attached hydrogens (tertiary/aromatic N) is 2. The minimum Gasteiger partial charge on any atom is -0.494 e. The van der Waals surface area contributed by atoms with Gasteiger partial charge in [0.2, 0.25) is 0 Å². The summed E-state index contributed by atoms with van der Waals surface area (Å²) < 4.78 is 18.3. The fraction of sp³-hybridized carbons (Fsp3) is 0.0769. The lowest BCUT2D eigenvalue weighted by Gasteiger charge is -2.07. The van der Waals surface area contributed by atoms with Crippen LogP contribution in [0.3, 0.4) is 0 Å². The molecule has 4 nitrogen and oxygen atoms in total. The van der Waals surface area contributed by atoms with Gasteiger partial charge < -0.3 is 10.1 Å². The molecule has 1 N–H and O–H groups in total. The largest absolute Gasteiger partial charge is 0.494 e. The van der Waals surface area contributed by atoms with Gasteiger partial charge in [0.25, 0.3) is 0 Å². The van der Waals surface area contributed by atoms with Gasteiger partial charge in [-0.25, -0.2) is 9.37 Å². The Labute approximate surface area is 104 Å². The molecule has 0 saturated carbocycles. The van der Waals surface area contributed by atoms with Crippen molar-refractivity contribution in [3.63, 3.8) is 0 Å². The number of hydrogen-bond donors (Lipinski definition) is 1. The maximum atomic E-state index is 13.4. The molecule has 0 aliphatic rings. The average molecular weight is 243 g/mol. The Kier molecular flexibility index (Phi) is 3.39. The van der Waals surface area contributed by atoms with Crippen molar-refractivity contribution in [2.45, 2.75) is 0 Å². The molecule has 18 heavy (non-hydrogen) atoms. The van der Waals surface area contributed by atoms with Gasteiger partial charge in [0.05, 0.1) is 12.7 Å². The maximum Gasteiger partial charge on any atom is 0.167 e. The number of nitrogens with one attached hydrogen (secondary N) is 1. The van der Waals surface area contributed by atoms with E-state index in [0.717, 1.165) is 0 Å². The number of ether oxygens (including phenoxy) is 1. The van der Waals surface area contributed by atoms with E-state index in [2.05, 4.69) is 10.3 Å². The minimum atomic E-state index is -0.448. The van der Waals surface area contributed by atoms with Gasteiger partial charge >= 0.3 is 0 Å². The molecular weight excluding hydrogens is 233 g/mol. The predicted molar refractivity (Wildman–Crippen MR) is 65.2 cm³/mol. The quantitative estimate of drug-likeness (QED) is 0.900. The Bertz CT molecular complexity index is 590. The van der Waals surface area contributed by atoms with Crippen LogP contribution in [0, 0.1) is 17.1 Å². The fourth-order valence-electron chi connectivity index (χ4n) is 1.43. The van der Waals surface area contributed by atoms with E-state index in [-0.39, 0.29) is 5.75 Å². The Balaban J connectivity index is 2.18. The molecule has 0 bridgehead atoms. The first-order valence-electron chi connectivity index (χ1n) is 5.19. The molecule has 1 aromatic carbocycles. The highest BCUT2D eigenvalue weighted by Gasteiger charge is 2.04. The van der Waals surface area contributed by atoms with Gasteiger partial charge in [0, 0.05) is 18.0 Å². The van der Waals surface area contributed by atoms with Crippen molar-refractivity contribution >= 4 is 11.5 Å². The van der Waals surface area contributed by atoms with E-state index < -0.39 is 5.82 Å². The summed E-state index contributed by atoms with van der Waals surface area (Å²) in [4.78, 5) is 4.03. The van der Waals surface area contributed by atoms with E-state index in [1.54, 1.807) is 18.2 Å². The summed E-state index contributed by atoms with van der Waals surface area (Å²) in [6.07, 6.45) is 1.45. The van der Waals surface area contributed by atoms with E-state index in [9.17, 15) is 4.39 Å². The second kappa shape index (κ2) is 5.15. The summed E-state index contributed by atoms with van der Waals surface area (Å²) in [5.74, 6) is 0.281. The van der Waals surface area contributed by atoms with Gasteiger partial charge in [0.1, 0.15) is 11.9 Å². The van der Waals surface area contributed by atoms with E-state index in [1.807, 2.05) is 6.07 Å². The number of methoxy groups -OCH3 is 1. The lowest BCUT2D eigenvalue weighted by molar-refractivity contribution is 0.386. The fourth-order valence-corrected chi connectivity index (χ4v) is 1.43.